The fourth-order valence-corrected chi connectivity index (χ4v) is 6.39. The highest BCUT2D eigenvalue weighted by molar-refractivity contribution is 6.15. The first-order valence-electron chi connectivity index (χ1n) is 12.4. The lowest BCUT2D eigenvalue weighted by Crippen LogP contribution is -2.50. The van der Waals surface area contributed by atoms with Crippen LogP contribution < -0.4 is 5.32 Å². The molecule has 0 radical (unpaired) electrons. The zero-order chi connectivity index (χ0) is 25.2. The Morgan fingerprint density at radius 1 is 0.889 bits per heavy atom. The molecule has 1 amide bonds. The van der Waals surface area contributed by atoms with Gasteiger partial charge in [-0.05, 0) is 28.8 Å². The van der Waals surface area contributed by atoms with Crippen molar-refractivity contribution in [3.63, 3.8) is 0 Å². The number of benzene rings is 3. The van der Waals surface area contributed by atoms with Gasteiger partial charge in [0, 0.05) is 22.9 Å². The number of hydrogen-bond donors (Lipinski definition) is 1. The number of carbonyl (C=O) groups is 3. The Kier molecular flexibility index (Phi) is 4.84. The molecular formula is C31H28N2O3. The first kappa shape index (κ1) is 22.5. The fraction of sp³-hybridized carbons (Fsp3) is 0.258. The summed E-state index contributed by atoms with van der Waals surface area (Å²) in [4.78, 5) is 44.9. The normalized spacial score (nSPS) is 25.8. The van der Waals surface area contributed by atoms with Gasteiger partial charge in [-0.15, -0.1) is 0 Å². The van der Waals surface area contributed by atoms with E-state index in [2.05, 4.69) is 5.32 Å². The monoisotopic (exact) mass is 476 g/mol. The summed E-state index contributed by atoms with van der Waals surface area (Å²) in [6.07, 6.45) is 3.89. The van der Waals surface area contributed by atoms with Crippen molar-refractivity contribution in [2.75, 3.05) is 5.32 Å². The standard InChI is InChI=1S/C31H28N2O3/c1-30(2,3)28(35)25-24(26(34)20-12-5-4-6-13-20)31(22-15-9-10-16-23(22)32-29(31)36)27-21-14-8-7-11-19(21)17-18-33(25)27/h4-18,24-25,27H,1-3H3,(H,32,36)/t24-,25+,27+,31+/m1/s1. The van der Waals surface area contributed by atoms with E-state index in [0.717, 1.165) is 16.7 Å². The van der Waals surface area contributed by atoms with Gasteiger partial charge >= 0.3 is 0 Å². The molecule has 0 bridgehead atoms. The number of rotatable bonds is 3. The molecule has 36 heavy (non-hydrogen) atoms. The summed E-state index contributed by atoms with van der Waals surface area (Å²) in [5, 5.41) is 3.08. The number of hydrogen-bond acceptors (Lipinski definition) is 4. The van der Waals surface area contributed by atoms with Crippen molar-refractivity contribution in [1.82, 2.24) is 4.90 Å². The molecule has 1 spiro atoms. The zero-order valence-corrected chi connectivity index (χ0v) is 20.6. The Labute approximate surface area is 210 Å². The van der Waals surface area contributed by atoms with E-state index < -0.39 is 28.8 Å². The SMILES string of the molecule is CC(C)(C)C(=O)[C@@H]1[C@H](C(=O)c2ccccc2)[C@]2(C(=O)Nc3ccccc32)[C@@H]2c3ccccc3C=CN12. The zero-order valence-electron chi connectivity index (χ0n) is 20.6. The van der Waals surface area contributed by atoms with Gasteiger partial charge in [-0.3, -0.25) is 14.4 Å². The second-order valence-electron chi connectivity index (χ2n) is 10.9. The summed E-state index contributed by atoms with van der Waals surface area (Å²) in [5.74, 6) is -1.39. The Morgan fingerprint density at radius 3 is 2.31 bits per heavy atom. The Hall–Kier alpha value is -3.99. The van der Waals surface area contributed by atoms with E-state index in [1.807, 2.05) is 105 Å². The average Bonchev–Trinajstić information content (AvgIpc) is 3.35. The van der Waals surface area contributed by atoms with Crippen molar-refractivity contribution in [1.29, 1.82) is 0 Å². The van der Waals surface area contributed by atoms with Crippen LogP contribution in [0.25, 0.3) is 6.08 Å². The van der Waals surface area contributed by atoms with E-state index in [-0.39, 0.29) is 17.5 Å². The van der Waals surface area contributed by atoms with Crippen molar-refractivity contribution in [3.8, 4) is 0 Å². The summed E-state index contributed by atoms with van der Waals surface area (Å²) >= 11 is 0. The predicted octanol–water partition coefficient (Wildman–Crippen LogP) is 5.40. The van der Waals surface area contributed by atoms with Crippen molar-refractivity contribution in [2.45, 2.75) is 38.3 Å². The van der Waals surface area contributed by atoms with Gasteiger partial charge in [-0.1, -0.05) is 93.6 Å². The molecule has 1 fully saturated rings. The number of carbonyl (C=O) groups excluding carboxylic acids is 3. The third-order valence-electron chi connectivity index (χ3n) is 7.92. The summed E-state index contributed by atoms with van der Waals surface area (Å²) in [6, 6.07) is 23.3. The molecule has 0 aromatic heterocycles. The highest BCUT2D eigenvalue weighted by Crippen LogP contribution is 2.62. The molecule has 1 saturated heterocycles. The molecule has 3 aromatic carbocycles. The van der Waals surface area contributed by atoms with Crippen LogP contribution in [0.2, 0.25) is 0 Å². The highest BCUT2D eigenvalue weighted by Gasteiger charge is 2.71. The molecule has 0 saturated carbocycles. The number of ketones is 2. The lowest BCUT2D eigenvalue weighted by atomic mass is 9.62. The maximum atomic E-state index is 14.5. The Morgan fingerprint density at radius 2 is 1.56 bits per heavy atom. The second-order valence-corrected chi connectivity index (χ2v) is 10.9. The van der Waals surface area contributed by atoms with Crippen LogP contribution in [-0.2, 0) is 15.0 Å². The first-order chi connectivity index (χ1) is 17.3. The number of nitrogens with one attached hydrogen (secondary N) is 1. The van der Waals surface area contributed by atoms with E-state index in [1.165, 1.54) is 0 Å². The molecular weight excluding hydrogens is 448 g/mol. The van der Waals surface area contributed by atoms with Crippen molar-refractivity contribution in [2.24, 2.45) is 11.3 Å². The number of fused-ring (bicyclic) bond motifs is 6. The predicted molar refractivity (Wildman–Crippen MR) is 139 cm³/mol. The lowest BCUT2D eigenvalue weighted by molar-refractivity contribution is -0.131. The van der Waals surface area contributed by atoms with Gasteiger partial charge in [0.2, 0.25) is 5.91 Å². The topological polar surface area (TPSA) is 66.5 Å². The number of anilines is 1. The number of para-hydroxylation sites is 1. The quantitative estimate of drug-likeness (QED) is 0.514. The van der Waals surface area contributed by atoms with Gasteiger partial charge in [0.05, 0.1) is 18.0 Å². The van der Waals surface area contributed by atoms with Gasteiger partial charge in [-0.25, -0.2) is 0 Å². The molecule has 3 aliphatic rings. The third-order valence-corrected chi connectivity index (χ3v) is 7.92. The van der Waals surface area contributed by atoms with Gasteiger partial charge in [0.1, 0.15) is 5.41 Å². The van der Waals surface area contributed by atoms with Crippen LogP contribution in [0.1, 0.15) is 53.9 Å². The Bertz CT molecular complexity index is 1440. The van der Waals surface area contributed by atoms with Crippen LogP contribution in [0, 0.1) is 11.3 Å². The van der Waals surface area contributed by atoms with Crippen LogP contribution in [0.4, 0.5) is 5.69 Å². The molecule has 180 valence electrons. The van der Waals surface area contributed by atoms with E-state index >= 15 is 0 Å². The van der Waals surface area contributed by atoms with Crippen molar-refractivity contribution in [3.05, 3.63) is 107 Å². The third kappa shape index (κ3) is 2.92. The Balaban J connectivity index is 1.70. The van der Waals surface area contributed by atoms with Gasteiger partial charge < -0.3 is 10.2 Å². The van der Waals surface area contributed by atoms with E-state index in [4.69, 9.17) is 0 Å². The van der Waals surface area contributed by atoms with E-state index in [0.29, 0.717) is 11.3 Å². The maximum Gasteiger partial charge on any atom is 0.238 e. The van der Waals surface area contributed by atoms with E-state index in [1.54, 1.807) is 12.1 Å². The number of amides is 1. The van der Waals surface area contributed by atoms with E-state index in [9.17, 15) is 14.4 Å². The molecule has 3 aliphatic heterocycles. The molecule has 1 N–H and O–H groups in total. The van der Waals surface area contributed by atoms with Crippen LogP contribution in [0.3, 0.4) is 0 Å². The summed E-state index contributed by atoms with van der Waals surface area (Å²) in [5.41, 5.74) is 1.93. The summed E-state index contributed by atoms with van der Waals surface area (Å²) in [6.45, 7) is 5.64. The van der Waals surface area contributed by atoms with Crippen LogP contribution >= 0.6 is 0 Å². The largest absolute Gasteiger partial charge is 0.358 e. The van der Waals surface area contributed by atoms with Gasteiger partial charge in [0.15, 0.2) is 11.6 Å². The van der Waals surface area contributed by atoms with Crippen molar-refractivity contribution < 1.29 is 14.4 Å². The van der Waals surface area contributed by atoms with Crippen LogP contribution in [0.15, 0.2) is 85.1 Å². The minimum absolute atomic E-state index is 0.0557. The average molecular weight is 477 g/mol. The molecule has 3 heterocycles. The van der Waals surface area contributed by atoms with Crippen LogP contribution in [-0.4, -0.2) is 28.4 Å². The number of nitrogens with zero attached hydrogens (tertiary/aromatic N) is 1. The molecule has 3 aromatic rings. The maximum absolute atomic E-state index is 14.5. The molecule has 6 rings (SSSR count). The number of Topliss-reactive ketones (excluding diaryl/α,β-unsaturated/α-hetero) is 2. The molecule has 4 atom stereocenters. The van der Waals surface area contributed by atoms with Crippen molar-refractivity contribution >= 4 is 29.2 Å². The fourth-order valence-electron chi connectivity index (χ4n) is 6.39. The molecule has 0 unspecified atom stereocenters. The minimum atomic E-state index is -1.27. The molecule has 0 aliphatic carbocycles. The molecule has 5 heteroatoms. The highest BCUT2D eigenvalue weighted by atomic mass is 16.2. The van der Waals surface area contributed by atoms with Gasteiger partial charge in [-0.2, -0.15) is 0 Å². The smallest absolute Gasteiger partial charge is 0.238 e. The molecule has 5 nitrogen and oxygen atoms in total. The summed E-state index contributed by atoms with van der Waals surface area (Å²) < 4.78 is 0. The minimum Gasteiger partial charge on any atom is -0.358 e. The first-order valence-corrected chi connectivity index (χ1v) is 12.4. The summed E-state index contributed by atoms with van der Waals surface area (Å²) in [7, 11) is 0. The second kappa shape index (κ2) is 7.76. The lowest BCUT2D eigenvalue weighted by Gasteiger charge is -2.38. The van der Waals surface area contributed by atoms with Crippen LogP contribution in [0.5, 0.6) is 0 Å². The van der Waals surface area contributed by atoms with Gasteiger partial charge in [0.25, 0.3) is 0 Å².